The van der Waals surface area contributed by atoms with E-state index in [0.29, 0.717) is 23.7 Å². The molecule has 0 aliphatic rings. The Morgan fingerprint density at radius 1 is 1.10 bits per heavy atom. The Bertz CT molecular complexity index is 1050. The zero-order chi connectivity index (χ0) is 21.5. The molecule has 0 saturated carbocycles. The molecule has 1 N–H and O–H groups in total. The van der Waals surface area contributed by atoms with Crippen molar-refractivity contribution in [2.45, 2.75) is 27.0 Å². The van der Waals surface area contributed by atoms with Crippen molar-refractivity contribution in [2.24, 2.45) is 5.92 Å². The summed E-state index contributed by atoms with van der Waals surface area (Å²) >= 11 is 6.45. The normalized spacial score (nSPS) is 10.8. The fraction of sp³-hybridized carbons (Fsp3) is 0.261. The van der Waals surface area contributed by atoms with Gasteiger partial charge in [-0.05, 0) is 11.5 Å². The number of esters is 1. The molecule has 0 bridgehead atoms. The van der Waals surface area contributed by atoms with Gasteiger partial charge in [-0.25, -0.2) is 4.98 Å². The van der Waals surface area contributed by atoms with Crippen LogP contribution in [0.25, 0.3) is 11.3 Å². The van der Waals surface area contributed by atoms with Crippen LogP contribution in [-0.2, 0) is 22.7 Å². The number of nitrogens with one attached hydrogen (secondary N) is 1. The van der Waals surface area contributed by atoms with Gasteiger partial charge in [0.15, 0.2) is 11.0 Å². The maximum atomic E-state index is 13.1. The van der Waals surface area contributed by atoms with E-state index in [2.05, 4.69) is 10.3 Å². The standard InChI is InChI=1S/C23H24ClN3O3/c1-16(2)13-25-22-23(29)27(14-19(28)30-15-17-9-5-3-6-10-17)20(21(24)26-22)18-11-7-4-8-12-18/h3-12,16H,13-15H2,1-2H3,(H,25,26). The minimum absolute atomic E-state index is 0.115. The summed E-state index contributed by atoms with van der Waals surface area (Å²) in [6.07, 6.45) is 0. The first-order valence-corrected chi connectivity index (χ1v) is 10.1. The number of rotatable bonds is 8. The molecule has 0 aliphatic carbocycles. The van der Waals surface area contributed by atoms with Crippen LogP contribution >= 0.6 is 11.6 Å². The van der Waals surface area contributed by atoms with Crippen LogP contribution in [0, 0.1) is 5.92 Å². The quantitative estimate of drug-likeness (QED) is 0.542. The molecule has 0 amide bonds. The van der Waals surface area contributed by atoms with E-state index in [4.69, 9.17) is 16.3 Å². The van der Waals surface area contributed by atoms with Gasteiger partial charge < -0.3 is 10.1 Å². The summed E-state index contributed by atoms with van der Waals surface area (Å²) < 4.78 is 6.69. The Balaban J connectivity index is 1.92. The SMILES string of the molecule is CC(C)CNc1nc(Cl)c(-c2ccccc2)n(CC(=O)OCc2ccccc2)c1=O. The Morgan fingerprint density at radius 3 is 2.37 bits per heavy atom. The van der Waals surface area contributed by atoms with Crippen LogP contribution in [0.4, 0.5) is 5.82 Å². The topological polar surface area (TPSA) is 73.2 Å². The zero-order valence-electron chi connectivity index (χ0n) is 17.0. The van der Waals surface area contributed by atoms with Gasteiger partial charge >= 0.3 is 5.97 Å². The highest BCUT2D eigenvalue weighted by Gasteiger charge is 2.19. The van der Waals surface area contributed by atoms with E-state index in [1.54, 1.807) is 0 Å². The van der Waals surface area contributed by atoms with E-state index in [1.807, 2.05) is 74.5 Å². The van der Waals surface area contributed by atoms with Gasteiger partial charge in [0.05, 0.1) is 5.69 Å². The van der Waals surface area contributed by atoms with Crippen LogP contribution in [0.15, 0.2) is 65.5 Å². The molecule has 0 unspecified atom stereocenters. The molecule has 2 aromatic carbocycles. The highest BCUT2D eigenvalue weighted by atomic mass is 35.5. The number of hydrogen-bond donors (Lipinski definition) is 1. The van der Waals surface area contributed by atoms with Gasteiger partial charge in [0.1, 0.15) is 13.2 Å². The van der Waals surface area contributed by atoms with Gasteiger partial charge in [0, 0.05) is 12.1 Å². The number of aromatic nitrogens is 2. The van der Waals surface area contributed by atoms with Crippen LogP contribution in [0.5, 0.6) is 0 Å². The third-order valence-corrected chi connectivity index (χ3v) is 4.64. The summed E-state index contributed by atoms with van der Waals surface area (Å²) in [6.45, 7) is 4.46. The van der Waals surface area contributed by atoms with E-state index in [0.717, 1.165) is 5.56 Å². The van der Waals surface area contributed by atoms with Crippen LogP contribution in [0.2, 0.25) is 5.15 Å². The Morgan fingerprint density at radius 2 is 1.73 bits per heavy atom. The molecule has 3 aromatic rings. The van der Waals surface area contributed by atoms with Gasteiger partial charge in [-0.1, -0.05) is 86.1 Å². The van der Waals surface area contributed by atoms with Gasteiger partial charge in [-0.3, -0.25) is 14.2 Å². The van der Waals surface area contributed by atoms with E-state index in [-0.39, 0.29) is 24.1 Å². The Hall–Kier alpha value is -3.12. The van der Waals surface area contributed by atoms with Crippen molar-refractivity contribution in [1.29, 1.82) is 0 Å². The maximum Gasteiger partial charge on any atom is 0.326 e. The second kappa shape index (κ2) is 10.1. The molecule has 0 fully saturated rings. The largest absolute Gasteiger partial charge is 0.459 e. The molecule has 7 heteroatoms. The second-order valence-corrected chi connectivity index (χ2v) is 7.64. The average Bonchev–Trinajstić information content (AvgIpc) is 2.75. The lowest BCUT2D eigenvalue weighted by atomic mass is 10.1. The number of halogens is 1. The van der Waals surface area contributed by atoms with E-state index < -0.39 is 11.5 Å². The lowest BCUT2D eigenvalue weighted by Gasteiger charge is -2.17. The molecular weight excluding hydrogens is 402 g/mol. The van der Waals surface area contributed by atoms with Crippen molar-refractivity contribution in [2.75, 3.05) is 11.9 Å². The number of nitrogens with zero attached hydrogens (tertiary/aromatic N) is 2. The number of ether oxygens (including phenoxy) is 1. The molecule has 3 rings (SSSR count). The van der Waals surface area contributed by atoms with Crippen LogP contribution < -0.4 is 10.9 Å². The molecule has 0 atom stereocenters. The predicted molar refractivity (Wildman–Crippen MR) is 119 cm³/mol. The second-order valence-electron chi connectivity index (χ2n) is 7.28. The minimum atomic E-state index is -0.532. The summed E-state index contributed by atoms with van der Waals surface area (Å²) in [6, 6.07) is 18.5. The maximum absolute atomic E-state index is 13.1. The van der Waals surface area contributed by atoms with Crippen LogP contribution in [0.3, 0.4) is 0 Å². The minimum Gasteiger partial charge on any atom is -0.459 e. The summed E-state index contributed by atoms with van der Waals surface area (Å²) in [5.74, 6) is -0.109. The van der Waals surface area contributed by atoms with E-state index >= 15 is 0 Å². The summed E-state index contributed by atoms with van der Waals surface area (Å²) in [7, 11) is 0. The molecule has 30 heavy (non-hydrogen) atoms. The van der Waals surface area contributed by atoms with Crippen molar-refractivity contribution in [3.8, 4) is 11.3 Å². The molecule has 1 heterocycles. The number of anilines is 1. The first-order valence-electron chi connectivity index (χ1n) is 9.75. The number of carbonyl (C=O) groups is 1. The number of carbonyl (C=O) groups excluding carboxylic acids is 1. The van der Waals surface area contributed by atoms with Gasteiger partial charge in [-0.15, -0.1) is 0 Å². The molecule has 156 valence electrons. The molecule has 0 spiro atoms. The Kier molecular flexibility index (Phi) is 7.25. The van der Waals surface area contributed by atoms with Crippen molar-refractivity contribution in [3.63, 3.8) is 0 Å². The fourth-order valence-electron chi connectivity index (χ4n) is 2.89. The van der Waals surface area contributed by atoms with E-state index in [9.17, 15) is 9.59 Å². The van der Waals surface area contributed by atoms with Crippen LogP contribution in [-0.4, -0.2) is 22.1 Å². The Labute approximate surface area is 180 Å². The number of benzene rings is 2. The lowest BCUT2D eigenvalue weighted by Crippen LogP contribution is -2.31. The average molecular weight is 426 g/mol. The molecular formula is C23H24ClN3O3. The first-order chi connectivity index (χ1) is 14.5. The smallest absolute Gasteiger partial charge is 0.326 e. The molecule has 0 radical (unpaired) electrons. The molecule has 6 nitrogen and oxygen atoms in total. The van der Waals surface area contributed by atoms with Crippen molar-refractivity contribution in [3.05, 3.63) is 81.7 Å². The highest BCUT2D eigenvalue weighted by molar-refractivity contribution is 6.32. The van der Waals surface area contributed by atoms with Crippen molar-refractivity contribution in [1.82, 2.24) is 9.55 Å². The third-order valence-electron chi connectivity index (χ3n) is 4.38. The molecule has 1 aromatic heterocycles. The monoisotopic (exact) mass is 425 g/mol. The molecule has 0 aliphatic heterocycles. The lowest BCUT2D eigenvalue weighted by molar-refractivity contribution is -0.145. The predicted octanol–water partition coefficient (Wildman–Crippen LogP) is 4.38. The summed E-state index contributed by atoms with van der Waals surface area (Å²) in [4.78, 5) is 29.9. The first kappa shape index (κ1) is 21.6. The van der Waals surface area contributed by atoms with Gasteiger partial charge in [0.25, 0.3) is 5.56 Å². The summed E-state index contributed by atoms with van der Waals surface area (Å²) in [5, 5.41) is 3.16. The number of hydrogen-bond acceptors (Lipinski definition) is 5. The summed E-state index contributed by atoms with van der Waals surface area (Å²) in [5.41, 5.74) is 1.52. The van der Waals surface area contributed by atoms with Crippen molar-refractivity contribution < 1.29 is 9.53 Å². The third kappa shape index (κ3) is 5.48. The zero-order valence-corrected chi connectivity index (χ0v) is 17.7. The van der Waals surface area contributed by atoms with Gasteiger partial charge in [-0.2, -0.15) is 0 Å². The molecule has 0 saturated heterocycles. The van der Waals surface area contributed by atoms with Crippen molar-refractivity contribution >= 4 is 23.4 Å². The van der Waals surface area contributed by atoms with Gasteiger partial charge in [0.2, 0.25) is 0 Å². The fourth-order valence-corrected chi connectivity index (χ4v) is 3.19. The highest BCUT2D eigenvalue weighted by Crippen LogP contribution is 2.26. The van der Waals surface area contributed by atoms with Crippen LogP contribution in [0.1, 0.15) is 19.4 Å². The van der Waals surface area contributed by atoms with E-state index in [1.165, 1.54) is 4.57 Å².